The first kappa shape index (κ1) is 9.49. The summed E-state index contributed by atoms with van der Waals surface area (Å²) in [4.78, 5) is 0. The first-order valence-corrected chi connectivity index (χ1v) is 4.51. The standard InChI is InChI=1S/C10H11BrO/c1-3-10(12)8-5-4-7(2)9(11)6-8/h3-6,10,12H,1H2,2H3. The Bertz CT molecular complexity index is 294. The lowest BCUT2D eigenvalue weighted by Gasteiger charge is -2.06. The van der Waals surface area contributed by atoms with Gasteiger partial charge in [0.1, 0.15) is 0 Å². The molecule has 1 aromatic rings. The second-order valence-electron chi connectivity index (χ2n) is 2.69. The molecule has 2 heteroatoms. The molecule has 0 radical (unpaired) electrons. The van der Waals surface area contributed by atoms with E-state index in [0.29, 0.717) is 0 Å². The summed E-state index contributed by atoms with van der Waals surface area (Å²) < 4.78 is 1.01. The van der Waals surface area contributed by atoms with Crippen LogP contribution in [-0.4, -0.2) is 5.11 Å². The van der Waals surface area contributed by atoms with Gasteiger partial charge in [-0.25, -0.2) is 0 Å². The van der Waals surface area contributed by atoms with Gasteiger partial charge in [0, 0.05) is 4.47 Å². The van der Waals surface area contributed by atoms with Crippen molar-refractivity contribution in [1.29, 1.82) is 0 Å². The second-order valence-corrected chi connectivity index (χ2v) is 3.54. The summed E-state index contributed by atoms with van der Waals surface area (Å²) in [5.41, 5.74) is 2.03. The fraction of sp³-hybridized carbons (Fsp3) is 0.200. The molecular formula is C10H11BrO. The average Bonchev–Trinajstić information content (AvgIpc) is 2.08. The van der Waals surface area contributed by atoms with Gasteiger partial charge in [-0.2, -0.15) is 0 Å². The average molecular weight is 227 g/mol. The highest BCUT2D eigenvalue weighted by Gasteiger charge is 2.03. The van der Waals surface area contributed by atoms with Gasteiger partial charge in [-0.1, -0.05) is 34.1 Å². The maximum Gasteiger partial charge on any atom is 0.0969 e. The van der Waals surface area contributed by atoms with Gasteiger partial charge in [0.25, 0.3) is 0 Å². The van der Waals surface area contributed by atoms with Crippen molar-refractivity contribution in [1.82, 2.24) is 0 Å². The van der Waals surface area contributed by atoms with Crippen LogP contribution in [0.1, 0.15) is 17.2 Å². The highest BCUT2D eigenvalue weighted by Crippen LogP contribution is 2.21. The highest BCUT2D eigenvalue weighted by molar-refractivity contribution is 9.10. The Kier molecular flexibility index (Phi) is 3.06. The minimum Gasteiger partial charge on any atom is -0.384 e. The quantitative estimate of drug-likeness (QED) is 0.770. The van der Waals surface area contributed by atoms with E-state index in [1.807, 2.05) is 25.1 Å². The minimum absolute atomic E-state index is 0.568. The fourth-order valence-electron chi connectivity index (χ4n) is 0.929. The largest absolute Gasteiger partial charge is 0.384 e. The van der Waals surface area contributed by atoms with Crippen LogP contribution >= 0.6 is 15.9 Å². The predicted octanol–water partition coefficient (Wildman–Crippen LogP) is 2.98. The molecule has 1 nitrogen and oxygen atoms in total. The van der Waals surface area contributed by atoms with Crippen LogP contribution in [0.5, 0.6) is 0 Å². The zero-order valence-electron chi connectivity index (χ0n) is 6.92. The van der Waals surface area contributed by atoms with Crippen LogP contribution in [0.25, 0.3) is 0 Å². The lowest BCUT2D eigenvalue weighted by Crippen LogP contribution is -1.92. The van der Waals surface area contributed by atoms with E-state index in [1.54, 1.807) is 0 Å². The van der Waals surface area contributed by atoms with Crippen LogP contribution < -0.4 is 0 Å². The van der Waals surface area contributed by atoms with Crippen molar-refractivity contribution in [2.75, 3.05) is 0 Å². The SMILES string of the molecule is C=CC(O)c1ccc(C)c(Br)c1. The molecule has 1 aromatic carbocycles. The molecule has 0 fully saturated rings. The molecule has 0 aliphatic carbocycles. The van der Waals surface area contributed by atoms with Gasteiger partial charge < -0.3 is 5.11 Å². The van der Waals surface area contributed by atoms with Gasteiger partial charge in [-0.15, -0.1) is 6.58 Å². The molecule has 0 spiro atoms. The minimum atomic E-state index is -0.568. The number of aliphatic hydroxyl groups excluding tert-OH is 1. The van der Waals surface area contributed by atoms with Crippen molar-refractivity contribution in [3.05, 3.63) is 46.5 Å². The monoisotopic (exact) mass is 226 g/mol. The third kappa shape index (κ3) is 1.96. The Morgan fingerprint density at radius 3 is 2.75 bits per heavy atom. The van der Waals surface area contributed by atoms with Crippen molar-refractivity contribution in [2.24, 2.45) is 0 Å². The van der Waals surface area contributed by atoms with Gasteiger partial charge in [0.15, 0.2) is 0 Å². The Morgan fingerprint density at radius 2 is 2.25 bits per heavy atom. The lowest BCUT2D eigenvalue weighted by atomic mass is 10.1. The normalized spacial score (nSPS) is 12.6. The third-order valence-corrected chi connectivity index (χ3v) is 2.62. The van der Waals surface area contributed by atoms with Gasteiger partial charge in [0.05, 0.1) is 6.10 Å². The molecule has 1 atom stereocenters. The molecule has 1 rings (SSSR count). The molecule has 0 aliphatic heterocycles. The molecule has 12 heavy (non-hydrogen) atoms. The van der Waals surface area contributed by atoms with E-state index in [9.17, 15) is 5.11 Å². The Balaban J connectivity index is 3.04. The van der Waals surface area contributed by atoms with Crippen LogP contribution in [0, 0.1) is 6.92 Å². The number of benzene rings is 1. The van der Waals surface area contributed by atoms with E-state index >= 15 is 0 Å². The summed E-state index contributed by atoms with van der Waals surface area (Å²) in [5, 5.41) is 9.41. The summed E-state index contributed by atoms with van der Waals surface area (Å²) in [5.74, 6) is 0. The van der Waals surface area contributed by atoms with Crippen LogP contribution in [0.4, 0.5) is 0 Å². The smallest absolute Gasteiger partial charge is 0.0969 e. The maximum absolute atomic E-state index is 9.41. The van der Waals surface area contributed by atoms with Crippen LogP contribution in [-0.2, 0) is 0 Å². The Hall–Kier alpha value is -0.600. The van der Waals surface area contributed by atoms with E-state index in [2.05, 4.69) is 22.5 Å². The number of hydrogen-bond donors (Lipinski definition) is 1. The number of aryl methyl sites for hydroxylation is 1. The Morgan fingerprint density at radius 1 is 1.58 bits per heavy atom. The molecule has 0 aromatic heterocycles. The van der Waals surface area contributed by atoms with E-state index in [1.165, 1.54) is 6.08 Å². The first-order valence-electron chi connectivity index (χ1n) is 3.72. The van der Waals surface area contributed by atoms with Crippen molar-refractivity contribution in [3.63, 3.8) is 0 Å². The number of rotatable bonds is 2. The lowest BCUT2D eigenvalue weighted by molar-refractivity contribution is 0.229. The summed E-state index contributed by atoms with van der Waals surface area (Å²) in [6, 6.07) is 5.76. The molecular weight excluding hydrogens is 216 g/mol. The first-order chi connectivity index (χ1) is 5.65. The van der Waals surface area contributed by atoms with Gasteiger partial charge in [-0.3, -0.25) is 0 Å². The summed E-state index contributed by atoms with van der Waals surface area (Å²) in [7, 11) is 0. The predicted molar refractivity (Wildman–Crippen MR) is 54.0 cm³/mol. The van der Waals surface area contributed by atoms with Crippen molar-refractivity contribution in [2.45, 2.75) is 13.0 Å². The van der Waals surface area contributed by atoms with Crippen LogP contribution in [0.3, 0.4) is 0 Å². The number of halogens is 1. The number of aliphatic hydroxyl groups is 1. The number of hydrogen-bond acceptors (Lipinski definition) is 1. The zero-order valence-corrected chi connectivity index (χ0v) is 8.51. The molecule has 0 aliphatic rings. The zero-order chi connectivity index (χ0) is 9.14. The summed E-state index contributed by atoms with van der Waals surface area (Å²) >= 11 is 3.40. The van der Waals surface area contributed by atoms with Crippen molar-refractivity contribution < 1.29 is 5.11 Å². The molecule has 0 saturated heterocycles. The van der Waals surface area contributed by atoms with Crippen LogP contribution in [0.2, 0.25) is 0 Å². The topological polar surface area (TPSA) is 20.2 Å². The molecule has 0 heterocycles. The van der Waals surface area contributed by atoms with E-state index in [-0.39, 0.29) is 0 Å². The Labute approximate surface area is 80.9 Å². The molecule has 0 bridgehead atoms. The van der Waals surface area contributed by atoms with E-state index in [0.717, 1.165) is 15.6 Å². The fourth-order valence-corrected chi connectivity index (χ4v) is 1.33. The highest BCUT2D eigenvalue weighted by atomic mass is 79.9. The van der Waals surface area contributed by atoms with E-state index in [4.69, 9.17) is 0 Å². The summed E-state index contributed by atoms with van der Waals surface area (Å²) in [6.45, 7) is 5.53. The van der Waals surface area contributed by atoms with Crippen molar-refractivity contribution >= 4 is 15.9 Å². The van der Waals surface area contributed by atoms with Crippen LogP contribution in [0.15, 0.2) is 35.3 Å². The molecule has 0 amide bonds. The molecule has 0 saturated carbocycles. The molecule has 1 N–H and O–H groups in total. The summed E-state index contributed by atoms with van der Waals surface area (Å²) in [6.07, 6.45) is 0.943. The van der Waals surface area contributed by atoms with Gasteiger partial charge in [-0.05, 0) is 24.1 Å². The van der Waals surface area contributed by atoms with Crippen molar-refractivity contribution in [3.8, 4) is 0 Å². The molecule has 1 unspecified atom stereocenters. The third-order valence-electron chi connectivity index (χ3n) is 1.76. The maximum atomic E-state index is 9.41. The molecule has 64 valence electrons. The second kappa shape index (κ2) is 3.87. The van der Waals surface area contributed by atoms with Gasteiger partial charge in [0.2, 0.25) is 0 Å². The van der Waals surface area contributed by atoms with E-state index < -0.39 is 6.10 Å². The van der Waals surface area contributed by atoms with Gasteiger partial charge >= 0.3 is 0 Å².